The molecule has 1 saturated heterocycles. The van der Waals surface area contributed by atoms with Gasteiger partial charge in [0.05, 0.1) is 12.1 Å². The largest absolute Gasteiger partial charge is 0.342 e. The molecule has 0 bridgehead atoms. The molecule has 5 nitrogen and oxygen atoms in total. The van der Waals surface area contributed by atoms with Gasteiger partial charge in [0, 0.05) is 37.8 Å². The second kappa shape index (κ2) is 7.86. The molecule has 3 unspecified atom stereocenters. The van der Waals surface area contributed by atoms with Crippen molar-refractivity contribution in [3.8, 4) is 0 Å². The van der Waals surface area contributed by atoms with Crippen molar-refractivity contribution in [1.29, 1.82) is 0 Å². The van der Waals surface area contributed by atoms with Gasteiger partial charge in [0.25, 0.3) is 0 Å². The van der Waals surface area contributed by atoms with Crippen molar-refractivity contribution in [2.45, 2.75) is 50.5 Å². The number of amides is 1. The molecule has 1 aromatic rings. The predicted molar refractivity (Wildman–Crippen MR) is 96.2 cm³/mol. The molecular weight excluding hydrogens is 335 g/mol. The molecule has 1 aliphatic heterocycles. The fourth-order valence-corrected chi connectivity index (χ4v) is 3.87. The van der Waals surface area contributed by atoms with Gasteiger partial charge in [-0.15, -0.1) is 24.8 Å². The summed E-state index contributed by atoms with van der Waals surface area (Å²) in [5.74, 6) is 0.695. The van der Waals surface area contributed by atoms with Gasteiger partial charge in [0.2, 0.25) is 5.91 Å². The fraction of sp³-hybridized carbons (Fsp3) is 0.750. The lowest BCUT2D eigenvalue weighted by atomic mass is 9.74. The van der Waals surface area contributed by atoms with E-state index in [1.54, 1.807) is 0 Å². The molecule has 0 aromatic carbocycles. The van der Waals surface area contributed by atoms with Crippen LogP contribution in [-0.4, -0.2) is 39.2 Å². The van der Waals surface area contributed by atoms with E-state index in [-0.39, 0.29) is 42.2 Å². The maximum atomic E-state index is 12.8. The maximum Gasteiger partial charge on any atom is 0.227 e. The van der Waals surface area contributed by atoms with Crippen LogP contribution in [0, 0.1) is 5.92 Å². The standard InChI is InChI=1S/C16H26N4O.2ClH/c1-16(17)7-4-3-5-14(16)15(21)20-8-6-12(11-20)13-9-18-19(2)10-13;;/h9-10,12,14H,3-8,11,17H2,1-2H3;2*1H. The molecular formula is C16H28Cl2N4O. The molecule has 23 heavy (non-hydrogen) atoms. The van der Waals surface area contributed by atoms with Gasteiger partial charge in [-0.05, 0) is 31.7 Å². The van der Waals surface area contributed by atoms with Crippen LogP contribution >= 0.6 is 24.8 Å². The van der Waals surface area contributed by atoms with Crippen LogP contribution in [0.1, 0.15) is 50.5 Å². The summed E-state index contributed by atoms with van der Waals surface area (Å²) < 4.78 is 1.83. The van der Waals surface area contributed by atoms with Gasteiger partial charge in [-0.2, -0.15) is 5.10 Å². The summed E-state index contributed by atoms with van der Waals surface area (Å²) in [5, 5.41) is 4.24. The van der Waals surface area contributed by atoms with Crippen molar-refractivity contribution in [2.75, 3.05) is 13.1 Å². The lowest BCUT2D eigenvalue weighted by molar-refractivity contribution is -0.137. The van der Waals surface area contributed by atoms with Crippen LogP contribution in [0.3, 0.4) is 0 Å². The van der Waals surface area contributed by atoms with Gasteiger partial charge in [-0.3, -0.25) is 9.48 Å². The summed E-state index contributed by atoms with van der Waals surface area (Å²) >= 11 is 0. The first-order chi connectivity index (χ1) is 9.97. The molecule has 1 amide bonds. The van der Waals surface area contributed by atoms with E-state index in [4.69, 9.17) is 5.73 Å². The average Bonchev–Trinajstić information content (AvgIpc) is 3.06. The summed E-state index contributed by atoms with van der Waals surface area (Å²) in [6, 6.07) is 0. The fourth-order valence-electron chi connectivity index (χ4n) is 3.87. The molecule has 1 aliphatic carbocycles. The zero-order valence-corrected chi connectivity index (χ0v) is 15.5. The van der Waals surface area contributed by atoms with Crippen molar-refractivity contribution in [2.24, 2.45) is 18.7 Å². The topological polar surface area (TPSA) is 64.2 Å². The lowest BCUT2D eigenvalue weighted by Crippen LogP contribution is -2.53. The Morgan fingerprint density at radius 3 is 2.70 bits per heavy atom. The zero-order chi connectivity index (χ0) is 15.0. The van der Waals surface area contributed by atoms with E-state index in [9.17, 15) is 4.79 Å². The number of hydrogen-bond donors (Lipinski definition) is 1. The first-order valence-corrected chi connectivity index (χ1v) is 8.03. The number of nitrogens with zero attached hydrogens (tertiary/aromatic N) is 3. The molecule has 1 aromatic heterocycles. The van der Waals surface area contributed by atoms with Crippen LogP contribution in [0.25, 0.3) is 0 Å². The number of halogens is 2. The smallest absolute Gasteiger partial charge is 0.227 e. The van der Waals surface area contributed by atoms with Crippen LogP contribution < -0.4 is 5.73 Å². The first kappa shape index (κ1) is 20.3. The van der Waals surface area contributed by atoms with Crippen LogP contribution in [0.4, 0.5) is 0 Å². The summed E-state index contributed by atoms with van der Waals surface area (Å²) in [6.07, 6.45) is 9.20. The zero-order valence-electron chi connectivity index (χ0n) is 13.9. The number of aromatic nitrogens is 2. The number of hydrogen-bond acceptors (Lipinski definition) is 3. The summed E-state index contributed by atoms with van der Waals surface area (Å²) in [6.45, 7) is 3.71. The van der Waals surface area contributed by atoms with Crippen molar-refractivity contribution in [3.05, 3.63) is 18.0 Å². The van der Waals surface area contributed by atoms with Crippen molar-refractivity contribution >= 4 is 30.7 Å². The Morgan fingerprint density at radius 1 is 1.35 bits per heavy atom. The number of carbonyl (C=O) groups excluding carboxylic acids is 1. The Balaban J connectivity index is 0.00000132. The van der Waals surface area contributed by atoms with Gasteiger partial charge >= 0.3 is 0 Å². The highest BCUT2D eigenvalue weighted by molar-refractivity contribution is 5.85. The Kier molecular flexibility index (Phi) is 6.93. The molecule has 3 atom stereocenters. The van der Waals surface area contributed by atoms with E-state index in [0.29, 0.717) is 5.92 Å². The quantitative estimate of drug-likeness (QED) is 0.878. The molecule has 1 saturated carbocycles. The van der Waals surface area contributed by atoms with Gasteiger partial charge in [0.1, 0.15) is 0 Å². The molecule has 2 heterocycles. The molecule has 2 aliphatic rings. The van der Waals surface area contributed by atoms with Gasteiger partial charge in [-0.25, -0.2) is 0 Å². The van der Waals surface area contributed by atoms with E-state index in [1.807, 2.05) is 29.7 Å². The molecule has 7 heteroatoms. The molecule has 0 radical (unpaired) electrons. The Bertz CT molecular complexity index is 532. The second-order valence-corrected chi connectivity index (χ2v) is 7.02. The third kappa shape index (κ3) is 4.20. The van der Waals surface area contributed by atoms with E-state index in [0.717, 1.165) is 45.2 Å². The van der Waals surface area contributed by atoms with E-state index in [1.165, 1.54) is 5.56 Å². The van der Waals surface area contributed by atoms with Crippen LogP contribution in [0.5, 0.6) is 0 Å². The van der Waals surface area contributed by atoms with Crippen molar-refractivity contribution < 1.29 is 4.79 Å². The highest BCUT2D eigenvalue weighted by Crippen LogP contribution is 2.35. The molecule has 0 spiro atoms. The van der Waals surface area contributed by atoms with Crippen molar-refractivity contribution in [1.82, 2.24) is 14.7 Å². The minimum absolute atomic E-state index is 0. The van der Waals surface area contributed by atoms with Crippen LogP contribution in [0.15, 0.2) is 12.4 Å². The summed E-state index contributed by atoms with van der Waals surface area (Å²) in [5.41, 5.74) is 7.29. The van der Waals surface area contributed by atoms with Crippen LogP contribution in [0.2, 0.25) is 0 Å². The SMILES string of the molecule is Cl.Cl.Cn1cc(C2CCN(C(=O)C3CCCCC3(C)N)C2)cn1. The number of likely N-dealkylation sites (tertiary alicyclic amines) is 1. The highest BCUT2D eigenvalue weighted by Gasteiger charge is 2.41. The Labute approximate surface area is 150 Å². The average molecular weight is 363 g/mol. The second-order valence-electron chi connectivity index (χ2n) is 7.02. The normalized spacial score (nSPS) is 30.5. The molecule has 2 fully saturated rings. The molecule has 3 rings (SSSR count). The van der Waals surface area contributed by atoms with Gasteiger partial charge in [-0.1, -0.05) is 12.8 Å². The van der Waals surface area contributed by atoms with E-state index >= 15 is 0 Å². The number of carbonyl (C=O) groups is 1. The third-order valence-electron chi connectivity index (χ3n) is 5.25. The van der Waals surface area contributed by atoms with Gasteiger partial charge in [0.15, 0.2) is 0 Å². The third-order valence-corrected chi connectivity index (χ3v) is 5.25. The molecule has 2 N–H and O–H groups in total. The van der Waals surface area contributed by atoms with Gasteiger partial charge < -0.3 is 10.6 Å². The molecule has 132 valence electrons. The van der Waals surface area contributed by atoms with Crippen molar-refractivity contribution in [3.63, 3.8) is 0 Å². The van der Waals surface area contributed by atoms with E-state index < -0.39 is 0 Å². The highest BCUT2D eigenvalue weighted by atomic mass is 35.5. The minimum atomic E-state index is -0.332. The summed E-state index contributed by atoms with van der Waals surface area (Å²) in [7, 11) is 1.93. The summed E-state index contributed by atoms with van der Waals surface area (Å²) in [4.78, 5) is 14.8. The number of nitrogens with two attached hydrogens (primary N) is 1. The number of aryl methyl sites for hydroxylation is 1. The predicted octanol–water partition coefficient (Wildman–Crippen LogP) is 2.49. The Hall–Kier alpha value is -0.780. The number of rotatable bonds is 2. The monoisotopic (exact) mass is 362 g/mol. The maximum absolute atomic E-state index is 12.8. The Morgan fingerprint density at radius 2 is 2.09 bits per heavy atom. The van der Waals surface area contributed by atoms with E-state index in [2.05, 4.69) is 11.3 Å². The minimum Gasteiger partial charge on any atom is -0.342 e. The van der Waals surface area contributed by atoms with Crippen LogP contribution in [-0.2, 0) is 11.8 Å². The first-order valence-electron chi connectivity index (χ1n) is 8.03. The lowest BCUT2D eigenvalue weighted by Gasteiger charge is -2.39.